The van der Waals surface area contributed by atoms with Crippen molar-refractivity contribution in [2.24, 2.45) is 0 Å². The molecule has 0 radical (unpaired) electrons. The van der Waals surface area contributed by atoms with Crippen LogP contribution in [0.15, 0.2) is 23.7 Å². The van der Waals surface area contributed by atoms with Gasteiger partial charge in [0.2, 0.25) is 0 Å². The molecule has 1 fully saturated rings. The molecule has 0 aliphatic heterocycles. The van der Waals surface area contributed by atoms with E-state index in [1.54, 1.807) is 11.3 Å². The van der Waals surface area contributed by atoms with E-state index in [9.17, 15) is 0 Å². The lowest BCUT2D eigenvalue weighted by Gasteiger charge is -1.98. The zero-order valence-corrected chi connectivity index (χ0v) is 10.5. The molecule has 2 heterocycles. The van der Waals surface area contributed by atoms with E-state index in [-0.39, 0.29) is 0 Å². The third-order valence-electron chi connectivity index (χ3n) is 2.90. The molecule has 90 valence electrons. The van der Waals surface area contributed by atoms with Crippen LogP contribution in [0.2, 0.25) is 0 Å². The van der Waals surface area contributed by atoms with Gasteiger partial charge in [0, 0.05) is 36.6 Å². The van der Waals surface area contributed by atoms with E-state index in [1.165, 1.54) is 17.7 Å². The third kappa shape index (κ3) is 3.14. The first kappa shape index (κ1) is 10.9. The highest BCUT2D eigenvalue weighted by Gasteiger charge is 2.20. The zero-order valence-electron chi connectivity index (χ0n) is 9.67. The van der Waals surface area contributed by atoms with Gasteiger partial charge in [-0.3, -0.25) is 4.68 Å². The zero-order chi connectivity index (χ0) is 11.5. The average molecular weight is 248 g/mol. The monoisotopic (exact) mass is 248 g/mol. The largest absolute Gasteiger partial charge is 0.308 e. The van der Waals surface area contributed by atoms with Gasteiger partial charge in [-0.1, -0.05) is 11.3 Å². The van der Waals surface area contributed by atoms with E-state index >= 15 is 0 Å². The normalized spacial score (nSPS) is 15.3. The van der Waals surface area contributed by atoms with Crippen LogP contribution in [0.25, 0.3) is 0 Å². The molecule has 0 bridgehead atoms. The molecule has 2 aromatic heterocycles. The fraction of sp³-hybridized carbons (Fsp3) is 0.500. The number of aromatic nitrogens is 3. The van der Waals surface area contributed by atoms with Gasteiger partial charge in [-0.2, -0.15) is 0 Å². The molecule has 1 aliphatic rings. The molecule has 1 aliphatic carbocycles. The second kappa shape index (κ2) is 4.98. The van der Waals surface area contributed by atoms with Gasteiger partial charge >= 0.3 is 0 Å². The maximum atomic E-state index is 4.17. The molecule has 1 saturated carbocycles. The minimum atomic E-state index is 0.728. The maximum absolute atomic E-state index is 4.17. The molecule has 0 atom stereocenters. The van der Waals surface area contributed by atoms with Gasteiger partial charge in [-0.25, -0.2) is 0 Å². The van der Waals surface area contributed by atoms with Gasteiger partial charge in [0.1, 0.15) is 0 Å². The Bertz CT molecular complexity index is 459. The molecule has 0 saturated heterocycles. The predicted molar refractivity (Wildman–Crippen MR) is 67.9 cm³/mol. The predicted octanol–water partition coefficient (Wildman–Crippen LogP) is 1.83. The van der Waals surface area contributed by atoms with Crippen LogP contribution < -0.4 is 5.32 Å². The summed E-state index contributed by atoms with van der Waals surface area (Å²) in [6.45, 7) is 1.76. The molecule has 0 unspecified atom stereocenters. The Morgan fingerprint density at radius 3 is 3.18 bits per heavy atom. The number of thiophene rings is 1. The Morgan fingerprint density at radius 2 is 2.41 bits per heavy atom. The van der Waals surface area contributed by atoms with Crippen LogP contribution >= 0.6 is 11.3 Å². The Hall–Kier alpha value is -1.20. The van der Waals surface area contributed by atoms with E-state index in [0.29, 0.717) is 0 Å². The summed E-state index contributed by atoms with van der Waals surface area (Å²) in [7, 11) is 0. The van der Waals surface area contributed by atoms with Crippen molar-refractivity contribution in [1.82, 2.24) is 20.3 Å². The van der Waals surface area contributed by atoms with Gasteiger partial charge in [-0.15, -0.1) is 16.4 Å². The molecular weight excluding hydrogens is 232 g/mol. The van der Waals surface area contributed by atoms with E-state index in [4.69, 9.17) is 0 Å². The number of rotatable bonds is 6. The first-order chi connectivity index (χ1) is 8.40. The Labute approximate surface area is 105 Å². The number of nitrogens with one attached hydrogen (secondary N) is 1. The summed E-state index contributed by atoms with van der Waals surface area (Å²) in [5.41, 5.74) is 1.04. The SMILES string of the molecule is c1csc(CCn2cc(CNC3CC3)nn2)c1. The number of nitrogens with zero attached hydrogens (tertiary/aromatic N) is 3. The summed E-state index contributed by atoms with van der Waals surface area (Å²) in [5.74, 6) is 0. The van der Waals surface area contributed by atoms with Crippen molar-refractivity contribution in [1.29, 1.82) is 0 Å². The standard InChI is InChI=1S/C12H16N4S/c1-2-12(17-7-1)5-6-16-9-11(14-15-16)8-13-10-3-4-10/h1-2,7,9-10,13H,3-6,8H2. The number of hydrogen-bond donors (Lipinski definition) is 1. The van der Waals surface area contributed by atoms with E-state index in [0.717, 1.165) is 31.2 Å². The highest BCUT2D eigenvalue weighted by atomic mass is 32.1. The summed E-state index contributed by atoms with van der Waals surface area (Å²) < 4.78 is 1.93. The molecule has 5 heteroatoms. The first-order valence-corrected chi connectivity index (χ1v) is 6.93. The van der Waals surface area contributed by atoms with Crippen LogP contribution in [0.5, 0.6) is 0 Å². The summed E-state index contributed by atoms with van der Waals surface area (Å²) in [6.07, 6.45) is 5.71. The average Bonchev–Trinajstić information content (AvgIpc) is 2.86. The van der Waals surface area contributed by atoms with Crippen LogP contribution in [0.1, 0.15) is 23.4 Å². The fourth-order valence-electron chi connectivity index (χ4n) is 1.74. The van der Waals surface area contributed by atoms with Crippen LogP contribution in [0, 0.1) is 0 Å². The van der Waals surface area contributed by atoms with E-state index in [1.807, 2.05) is 10.9 Å². The quantitative estimate of drug-likeness (QED) is 0.848. The Morgan fingerprint density at radius 1 is 1.47 bits per heavy atom. The first-order valence-electron chi connectivity index (χ1n) is 6.05. The molecular formula is C12H16N4S. The second-order valence-corrected chi connectivity index (χ2v) is 5.49. The van der Waals surface area contributed by atoms with Crippen molar-refractivity contribution in [3.05, 3.63) is 34.3 Å². The third-order valence-corrected chi connectivity index (χ3v) is 3.84. The molecule has 4 nitrogen and oxygen atoms in total. The highest BCUT2D eigenvalue weighted by Crippen LogP contribution is 2.18. The van der Waals surface area contributed by atoms with Crippen molar-refractivity contribution in [2.45, 2.75) is 38.4 Å². The van der Waals surface area contributed by atoms with Crippen LogP contribution in [0.4, 0.5) is 0 Å². The topological polar surface area (TPSA) is 42.7 Å². The van der Waals surface area contributed by atoms with Gasteiger partial charge in [0.15, 0.2) is 0 Å². The lowest BCUT2D eigenvalue weighted by atomic mass is 10.3. The van der Waals surface area contributed by atoms with Crippen LogP contribution in [0.3, 0.4) is 0 Å². The fourth-order valence-corrected chi connectivity index (χ4v) is 2.44. The summed E-state index contributed by atoms with van der Waals surface area (Å²) in [4.78, 5) is 1.40. The van der Waals surface area contributed by atoms with Crippen LogP contribution in [-0.4, -0.2) is 21.0 Å². The Balaban J connectivity index is 1.49. The lowest BCUT2D eigenvalue weighted by molar-refractivity contribution is 0.592. The minimum Gasteiger partial charge on any atom is -0.308 e. The lowest BCUT2D eigenvalue weighted by Crippen LogP contribution is -2.15. The second-order valence-electron chi connectivity index (χ2n) is 4.46. The van der Waals surface area contributed by atoms with Crippen LogP contribution in [-0.2, 0) is 19.5 Å². The molecule has 1 N–H and O–H groups in total. The summed E-state index contributed by atoms with van der Waals surface area (Å²) >= 11 is 1.80. The van der Waals surface area contributed by atoms with E-state index in [2.05, 4.69) is 33.1 Å². The molecule has 17 heavy (non-hydrogen) atoms. The van der Waals surface area contributed by atoms with Gasteiger partial charge in [0.25, 0.3) is 0 Å². The number of hydrogen-bond acceptors (Lipinski definition) is 4. The Kier molecular flexibility index (Phi) is 3.20. The molecule has 3 rings (SSSR count). The molecule has 0 aromatic carbocycles. The van der Waals surface area contributed by atoms with Crippen molar-refractivity contribution in [3.8, 4) is 0 Å². The van der Waals surface area contributed by atoms with Crippen molar-refractivity contribution in [3.63, 3.8) is 0 Å². The van der Waals surface area contributed by atoms with Gasteiger partial charge < -0.3 is 5.32 Å². The van der Waals surface area contributed by atoms with Crippen molar-refractivity contribution >= 4 is 11.3 Å². The molecule has 0 amide bonds. The molecule has 2 aromatic rings. The van der Waals surface area contributed by atoms with Crippen molar-refractivity contribution < 1.29 is 0 Å². The smallest absolute Gasteiger partial charge is 0.0964 e. The highest BCUT2D eigenvalue weighted by molar-refractivity contribution is 7.09. The minimum absolute atomic E-state index is 0.728. The van der Waals surface area contributed by atoms with E-state index < -0.39 is 0 Å². The maximum Gasteiger partial charge on any atom is 0.0964 e. The van der Waals surface area contributed by atoms with Crippen molar-refractivity contribution in [2.75, 3.05) is 0 Å². The summed E-state index contributed by atoms with van der Waals surface area (Å²) in [6, 6.07) is 4.98. The van der Waals surface area contributed by atoms with Gasteiger partial charge in [-0.05, 0) is 24.3 Å². The summed E-state index contributed by atoms with van der Waals surface area (Å²) in [5, 5.41) is 13.9. The molecule has 0 spiro atoms. The van der Waals surface area contributed by atoms with Gasteiger partial charge in [0.05, 0.1) is 5.69 Å². The number of aryl methyl sites for hydroxylation is 2.